The summed E-state index contributed by atoms with van der Waals surface area (Å²) in [7, 11) is 1.34. The Kier molecular flexibility index (Phi) is 4.69. The maximum absolute atomic E-state index is 13.2. The van der Waals surface area contributed by atoms with Crippen molar-refractivity contribution in [1.29, 1.82) is 5.26 Å². The number of nitriles is 1. The van der Waals surface area contributed by atoms with Gasteiger partial charge in [0.2, 0.25) is 5.91 Å². The van der Waals surface area contributed by atoms with E-state index in [9.17, 15) is 18.0 Å². The number of anilines is 1. The lowest BCUT2D eigenvalue weighted by Crippen LogP contribution is -2.35. The molecule has 1 aromatic carbocycles. The zero-order valence-electron chi connectivity index (χ0n) is 12.2. The van der Waals surface area contributed by atoms with E-state index >= 15 is 0 Å². The lowest BCUT2D eigenvalue weighted by atomic mass is 10.1. The van der Waals surface area contributed by atoms with Crippen LogP contribution in [0.25, 0.3) is 0 Å². The molecule has 23 heavy (non-hydrogen) atoms. The molecule has 1 heterocycles. The Bertz CT molecular complexity index is 719. The van der Waals surface area contributed by atoms with E-state index in [0.717, 1.165) is 11.1 Å². The largest absolute Gasteiger partial charge is 0.411 e. The lowest BCUT2D eigenvalue weighted by molar-refractivity contribution is -0.174. The monoisotopic (exact) mass is 322 g/mol. The van der Waals surface area contributed by atoms with Gasteiger partial charge in [0.25, 0.3) is 0 Å². The molecule has 0 aliphatic rings. The molecule has 0 saturated heterocycles. The highest BCUT2D eigenvalue weighted by Crippen LogP contribution is 2.33. The highest BCUT2D eigenvalue weighted by atomic mass is 19.4. The lowest BCUT2D eigenvalue weighted by Gasteiger charge is -2.24. The van der Waals surface area contributed by atoms with Crippen molar-refractivity contribution < 1.29 is 18.0 Å². The second-order valence-corrected chi connectivity index (χ2v) is 4.83. The van der Waals surface area contributed by atoms with Crippen molar-refractivity contribution >= 4 is 11.6 Å². The van der Waals surface area contributed by atoms with Crippen LogP contribution >= 0.6 is 0 Å². The van der Waals surface area contributed by atoms with E-state index in [-0.39, 0.29) is 11.3 Å². The minimum atomic E-state index is -4.61. The van der Waals surface area contributed by atoms with Gasteiger partial charge in [0.1, 0.15) is 6.07 Å². The Morgan fingerprint density at radius 1 is 1.39 bits per heavy atom. The Morgan fingerprint density at radius 3 is 2.65 bits per heavy atom. The van der Waals surface area contributed by atoms with Crippen LogP contribution in [-0.2, 0) is 4.79 Å². The van der Waals surface area contributed by atoms with Crippen LogP contribution in [-0.4, -0.2) is 28.9 Å². The maximum atomic E-state index is 13.2. The molecule has 1 amide bonds. The highest BCUT2D eigenvalue weighted by Gasteiger charge is 2.43. The predicted molar refractivity (Wildman–Crippen MR) is 76.5 cm³/mol. The molecule has 0 spiro atoms. The van der Waals surface area contributed by atoms with Crippen LogP contribution in [0.3, 0.4) is 0 Å². The van der Waals surface area contributed by atoms with Crippen LogP contribution in [0.2, 0.25) is 0 Å². The molecule has 0 bridgehead atoms. The summed E-state index contributed by atoms with van der Waals surface area (Å²) in [5, 5.41) is 12.6. The van der Waals surface area contributed by atoms with Gasteiger partial charge in [-0.2, -0.15) is 23.5 Å². The molecule has 1 atom stereocenters. The zero-order valence-corrected chi connectivity index (χ0v) is 12.2. The van der Waals surface area contributed by atoms with Crippen LogP contribution < -0.4 is 4.90 Å². The van der Waals surface area contributed by atoms with E-state index in [0.29, 0.717) is 4.68 Å². The molecule has 0 radical (unpaired) electrons. The molecule has 2 aromatic rings. The Morgan fingerprint density at radius 2 is 2.09 bits per heavy atom. The molecule has 0 aliphatic heterocycles. The van der Waals surface area contributed by atoms with E-state index < -0.39 is 24.5 Å². The third kappa shape index (κ3) is 3.69. The second-order valence-electron chi connectivity index (χ2n) is 4.83. The highest BCUT2D eigenvalue weighted by molar-refractivity contribution is 5.94. The molecule has 120 valence electrons. The molecule has 0 N–H and O–H groups in total. The number of aromatic nitrogens is 2. The first-order valence-electron chi connectivity index (χ1n) is 6.66. The molecule has 8 heteroatoms. The van der Waals surface area contributed by atoms with Gasteiger partial charge in [-0.05, 0) is 18.2 Å². The van der Waals surface area contributed by atoms with Crippen molar-refractivity contribution in [1.82, 2.24) is 9.78 Å². The van der Waals surface area contributed by atoms with Crippen molar-refractivity contribution in [2.45, 2.75) is 18.6 Å². The van der Waals surface area contributed by atoms with Gasteiger partial charge in [0, 0.05) is 19.4 Å². The van der Waals surface area contributed by atoms with Crippen LogP contribution in [0.4, 0.5) is 18.9 Å². The number of para-hydroxylation sites is 1. The van der Waals surface area contributed by atoms with Crippen molar-refractivity contribution in [3.63, 3.8) is 0 Å². The number of carbonyl (C=O) groups excluding carboxylic acids is 1. The topological polar surface area (TPSA) is 61.9 Å². The SMILES string of the molecule is CN(C(=O)CC(n1cccn1)C(F)(F)F)c1ccccc1C#N. The minimum Gasteiger partial charge on any atom is -0.314 e. The fraction of sp³-hybridized carbons (Fsp3) is 0.267. The number of benzene rings is 1. The van der Waals surface area contributed by atoms with Gasteiger partial charge in [0.05, 0.1) is 17.7 Å². The summed E-state index contributed by atoms with van der Waals surface area (Å²) in [6.07, 6.45) is -3.04. The molecule has 0 fully saturated rings. The first kappa shape index (κ1) is 16.5. The van der Waals surface area contributed by atoms with E-state index in [1.54, 1.807) is 12.1 Å². The normalized spacial score (nSPS) is 12.5. The fourth-order valence-electron chi connectivity index (χ4n) is 2.12. The molecule has 0 saturated carbocycles. The van der Waals surface area contributed by atoms with Crippen LogP contribution in [0, 0.1) is 11.3 Å². The van der Waals surface area contributed by atoms with E-state index in [1.165, 1.54) is 31.4 Å². The zero-order chi connectivity index (χ0) is 17.0. The van der Waals surface area contributed by atoms with E-state index in [2.05, 4.69) is 5.10 Å². The van der Waals surface area contributed by atoms with Crippen LogP contribution in [0.1, 0.15) is 18.0 Å². The van der Waals surface area contributed by atoms with Gasteiger partial charge in [-0.1, -0.05) is 12.1 Å². The first-order valence-corrected chi connectivity index (χ1v) is 6.66. The summed E-state index contributed by atoms with van der Waals surface area (Å²) in [6.45, 7) is 0. The smallest absolute Gasteiger partial charge is 0.314 e. The molecular formula is C15H13F3N4O. The van der Waals surface area contributed by atoms with Gasteiger partial charge in [-0.25, -0.2) is 0 Å². The minimum absolute atomic E-state index is 0.214. The summed E-state index contributed by atoms with van der Waals surface area (Å²) in [4.78, 5) is 13.3. The fourth-order valence-corrected chi connectivity index (χ4v) is 2.12. The first-order chi connectivity index (χ1) is 10.8. The Hall–Kier alpha value is -2.82. The number of amides is 1. The number of hydrogen-bond acceptors (Lipinski definition) is 3. The van der Waals surface area contributed by atoms with Crippen LogP contribution in [0.5, 0.6) is 0 Å². The van der Waals surface area contributed by atoms with E-state index in [4.69, 9.17) is 5.26 Å². The summed E-state index contributed by atoms with van der Waals surface area (Å²) in [5.41, 5.74) is 0.479. The number of carbonyl (C=O) groups is 1. The van der Waals surface area contributed by atoms with Gasteiger partial charge in [0.15, 0.2) is 6.04 Å². The third-order valence-electron chi connectivity index (χ3n) is 3.35. The Labute approximate surface area is 130 Å². The average Bonchev–Trinajstić information content (AvgIpc) is 3.04. The molecule has 1 aromatic heterocycles. The summed E-state index contributed by atoms with van der Waals surface area (Å²) in [6, 6.07) is 7.43. The molecule has 1 unspecified atom stereocenters. The Balaban J connectivity index is 2.24. The quantitative estimate of drug-likeness (QED) is 0.869. The van der Waals surface area contributed by atoms with Gasteiger partial charge < -0.3 is 4.90 Å². The number of halogens is 3. The molecular weight excluding hydrogens is 309 g/mol. The third-order valence-corrected chi connectivity index (χ3v) is 3.35. The van der Waals surface area contributed by atoms with Gasteiger partial charge in [-0.3, -0.25) is 9.48 Å². The summed E-state index contributed by atoms with van der Waals surface area (Å²) < 4.78 is 40.2. The number of hydrogen-bond donors (Lipinski definition) is 0. The van der Waals surface area contributed by atoms with Crippen molar-refractivity contribution in [2.24, 2.45) is 0 Å². The molecule has 0 aliphatic carbocycles. The van der Waals surface area contributed by atoms with Crippen molar-refractivity contribution in [3.05, 3.63) is 48.3 Å². The average molecular weight is 322 g/mol. The number of alkyl halides is 3. The standard InChI is InChI=1S/C15H13F3N4O/c1-21(12-6-3-2-5-11(12)10-19)14(23)9-13(15(16,17)18)22-8-4-7-20-22/h2-8,13H,9H2,1H3. The van der Waals surface area contributed by atoms with Crippen molar-refractivity contribution in [2.75, 3.05) is 11.9 Å². The molecule has 5 nitrogen and oxygen atoms in total. The van der Waals surface area contributed by atoms with Crippen molar-refractivity contribution in [3.8, 4) is 6.07 Å². The maximum Gasteiger partial charge on any atom is 0.411 e. The van der Waals surface area contributed by atoms with Crippen LogP contribution in [0.15, 0.2) is 42.7 Å². The number of rotatable bonds is 4. The second kappa shape index (κ2) is 6.52. The van der Waals surface area contributed by atoms with Gasteiger partial charge in [-0.15, -0.1) is 0 Å². The number of nitrogens with zero attached hydrogens (tertiary/aromatic N) is 4. The van der Waals surface area contributed by atoms with E-state index in [1.807, 2.05) is 6.07 Å². The predicted octanol–water partition coefficient (Wildman–Crippen LogP) is 2.91. The summed E-state index contributed by atoms with van der Waals surface area (Å²) in [5.74, 6) is -0.759. The summed E-state index contributed by atoms with van der Waals surface area (Å²) >= 11 is 0. The molecule has 2 rings (SSSR count). The van der Waals surface area contributed by atoms with Gasteiger partial charge >= 0.3 is 6.18 Å².